The van der Waals surface area contributed by atoms with Gasteiger partial charge in [0.25, 0.3) is 0 Å². The van der Waals surface area contributed by atoms with Gasteiger partial charge in [-0.1, -0.05) is 0 Å². The molecular weight excluding hydrogens is 414 g/mol. The fourth-order valence-corrected chi connectivity index (χ4v) is 7.01. The first-order valence-corrected chi connectivity index (χ1v) is 12.4. The molecule has 1 saturated heterocycles. The van der Waals surface area contributed by atoms with Crippen LogP contribution in [-0.4, -0.2) is 42.2 Å². The third kappa shape index (κ3) is 4.19. The van der Waals surface area contributed by atoms with E-state index in [-0.39, 0.29) is 11.3 Å². The Hall–Kier alpha value is -2.67. The normalized spacial score (nSPS) is 30.3. The molecule has 7 rings (SSSR count). The van der Waals surface area contributed by atoms with E-state index < -0.39 is 0 Å². The number of hydrogen-bond donors (Lipinski definition) is 2. The molecule has 174 valence electrons. The number of carbonyl (C=O) groups is 1. The number of morpholine rings is 1. The standard InChI is InChI=1S/C26H33N5O2/c1-17-27-23(13-24(28-17)31-6-8-33-9-7-31)29-21-2-4-22(5-3-21)30-25(32)26-14-18-10-19(15-26)12-20(11-18)16-26/h2-5,13,18-20H,6-12,14-16H2,1H3,(H,30,32)(H,27,28,29). The first-order chi connectivity index (χ1) is 16.0. The average Bonchev–Trinajstić information content (AvgIpc) is 2.80. The number of anilines is 4. The first-order valence-electron chi connectivity index (χ1n) is 12.4. The van der Waals surface area contributed by atoms with Crippen molar-refractivity contribution in [3.8, 4) is 0 Å². The molecule has 7 nitrogen and oxygen atoms in total. The van der Waals surface area contributed by atoms with Crippen LogP contribution in [0.15, 0.2) is 30.3 Å². The predicted molar refractivity (Wildman–Crippen MR) is 129 cm³/mol. The van der Waals surface area contributed by atoms with E-state index in [2.05, 4.69) is 25.5 Å². The van der Waals surface area contributed by atoms with E-state index >= 15 is 0 Å². The lowest BCUT2D eigenvalue weighted by Gasteiger charge is -2.55. The second kappa shape index (κ2) is 8.28. The van der Waals surface area contributed by atoms with Crippen molar-refractivity contribution in [3.63, 3.8) is 0 Å². The summed E-state index contributed by atoms with van der Waals surface area (Å²) < 4.78 is 5.45. The Labute approximate surface area is 195 Å². The van der Waals surface area contributed by atoms with Crippen LogP contribution in [-0.2, 0) is 9.53 Å². The summed E-state index contributed by atoms with van der Waals surface area (Å²) in [5.74, 6) is 4.98. The molecule has 2 aromatic rings. The van der Waals surface area contributed by atoms with Gasteiger partial charge in [0.05, 0.1) is 18.6 Å². The van der Waals surface area contributed by atoms with Crippen LogP contribution in [0.2, 0.25) is 0 Å². The zero-order chi connectivity index (χ0) is 22.4. The molecular formula is C26H33N5O2. The van der Waals surface area contributed by atoms with Crippen LogP contribution in [0, 0.1) is 30.1 Å². The van der Waals surface area contributed by atoms with E-state index in [1.807, 2.05) is 37.3 Å². The molecule has 2 heterocycles. The highest BCUT2D eigenvalue weighted by Gasteiger charge is 2.54. The van der Waals surface area contributed by atoms with Crippen molar-refractivity contribution in [1.29, 1.82) is 0 Å². The lowest BCUT2D eigenvalue weighted by molar-refractivity contribution is -0.140. The second-order valence-electron chi connectivity index (χ2n) is 10.6. The predicted octanol–water partition coefficient (Wildman–Crippen LogP) is 4.52. The van der Waals surface area contributed by atoms with Crippen LogP contribution >= 0.6 is 0 Å². The summed E-state index contributed by atoms with van der Waals surface area (Å²) in [4.78, 5) is 24.7. The van der Waals surface area contributed by atoms with Crippen molar-refractivity contribution >= 4 is 28.9 Å². The molecule has 7 heteroatoms. The Kier molecular flexibility index (Phi) is 5.24. The number of aromatic nitrogens is 2. The Morgan fingerprint density at radius 1 is 0.970 bits per heavy atom. The molecule has 1 amide bonds. The molecule has 4 aliphatic carbocycles. The number of carbonyl (C=O) groups excluding carboxylic acids is 1. The lowest BCUT2D eigenvalue weighted by atomic mass is 9.49. The second-order valence-corrected chi connectivity index (χ2v) is 10.6. The molecule has 1 aromatic carbocycles. The van der Waals surface area contributed by atoms with Gasteiger partial charge in [-0.25, -0.2) is 9.97 Å². The molecule has 4 bridgehead atoms. The van der Waals surface area contributed by atoms with E-state index in [0.29, 0.717) is 0 Å². The Bertz CT molecular complexity index is 996. The SMILES string of the molecule is Cc1nc(Nc2ccc(NC(=O)C34CC5CC(CC(C5)C3)C4)cc2)cc(N2CCOCC2)n1. The number of amides is 1. The summed E-state index contributed by atoms with van der Waals surface area (Å²) in [7, 11) is 0. The number of aryl methyl sites for hydroxylation is 1. The van der Waals surface area contributed by atoms with Gasteiger partial charge in [-0.15, -0.1) is 0 Å². The van der Waals surface area contributed by atoms with E-state index in [9.17, 15) is 4.79 Å². The van der Waals surface area contributed by atoms with Gasteiger partial charge >= 0.3 is 0 Å². The number of nitrogens with one attached hydrogen (secondary N) is 2. The van der Waals surface area contributed by atoms with E-state index in [1.165, 1.54) is 19.3 Å². The number of ether oxygens (including phenoxy) is 1. The van der Waals surface area contributed by atoms with Gasteiger partial charge in [0, 0.05) is 30.5 Å². The Morgan fingerprint density at radius 3 is 2.21 bits per heavy atom. The van der Waals surface area contributed by atoms with Gasteiger partial charge in [0.1, 0.15) is 17.5 Å². The van der Waals surface area contributed by atoms with Crippen molar-refractivity contribution in [1.82, 2.24) is 9.97 Å². The number of nitrogens with zero attached hydrogens (tertiary/aromatic N) is 3. The molecule has 0 radical (unpaired) electrons. The maximum Gasteiger partial charge on any atom is 0.230 e. The van der Waals surface area contributed by atoms with Crippen LogP contribution in [0.5, 0.6) is 0 Å². The number of rotatable bonds is 5. The van der Waals surface area contributed by atoms with E-state index in [0.717, 1.165) is 92.2 Å². The highest BCUT2D eigenvalue weighted by molar-refractivity contribution is 5.95. The van der Waals surface area contributed by atoms with Crippen LogP contribution in [0.25, 0.3) is 0 Å². The molecule has 5 aliphatic rings. The maximum atomic E-state index is 13.3. The van der Waals surface area contributed by atoms with Crippen LogP contribution in [0.3, 0.4) is 0 Å². The monoisotopic (exact) mass is 447 g/mol. The van der Waals surface area contributed by atoms with Crippen LogP contribution in [0.4, 0.5) is 23.0 Å². The minimum Gasteiger partial charge on any atom is -0.378 e. The van der Waals surface area contributed by atoms with Gasteiger partial charge in [-0.05, 0) is 87.5 Å². The number of hydrogen-bond acceptors (Lipinski definition) is 6. The van der Waals surface area contributed by atoms with Crippen molar-refractivity contribution in [2.45, 2.75) is 45.4 Å². The molecule has 1 aromatic heterocycles. The van der Waals surface area contributed by atoms with Gasteiger partial charge in [0.2, 0.25) is 5.91 Å². The molecule has 0 spiro atoms. The quantitative estimate of drug-likeness (QED) is 0.702. The first kappa shape index (κ1) is 20.9. The highest BCUT2D eigenvalue weighted by atomic mass is 16.5. The van der Waals surface area contributed by atoms with Crippen molar-refractivity contribution in [2.75, 3.05) is 41.8 Å². The van der Waals surface area contributed by atoms with Crippen LogP contribution in [0.1, 0.15) is 44.3 Å². The fraction of sp³-hybridized carbons (Fsp3) is 0.577. The Morgan fingerprint density at radius 2 is 1.58 bits per heavy atom. The zero-order valence-corrected chi connectivity index (χ0v) is 19.3. The highest BCUT2D eigenvalue weighted by Crippen LogP contribution is 2.60. The van der Waals surface area contributed by atoms with Crippen molar-refractivity contribution in [3.05, 3.63) is 36.2 Å². The third-order valence-corrected chi connectivity index (χ3v) is 8.09. The summed E-state index contributed by atoms with van der Waals surface area (Å²) in [5.41, 5.74) is 1.68. The zero-order valence-electron chi connectivity index (χ0n) is 19.3. The van der Waals surface area contributed by atoms with Gasteiger partial charge in [0.15, 0.2) is 0 Å². The largest absolute Gasteiger partial charge is 0.378 e. The summed E-state index contributed by atoms with van der Waals surface area (Å²) in [5, 5.41) is 6.63. The van der Waals surface area contributed by atoms with Crippen molar-refractivity contribution in [2.24, 2.45) is 23.2 Å². The fourth-order valence-electron chi connectivity index (χ4n) is 7.01. The molecule has 33 heavy (non-hydrogen) atoms. The van der Waals surface area contributed by atoms with Crippen molar-refractivity contribution < 1.29 is 9.53 Å². The van der Waals surface area contributed by atoms with E-state index in [4.69, 9.17) is 4.74 Å². The van der Waals surface area contributed by atoms with Gasteiger partial charge < -0.3 is 20.3 Å². The topological polar surface area (TPSA) is 79.4 Å². The molecule has 1 aliphatic heterocycles. The minimum atomic E-state index is -0.125. The molecule has 4 saturated carbocycles. The summed E-state index contributed by atoms with van der Waals surface area (Å²) in [6.45, 7) is 5.05. The average molecular weight is 448 g/mol. The van der Waals surface area contributed by atoms with E-state index in [1.54, 1.807) is 0 Å². The smallest absolute Gasteiger partial charge is 0.230 e. The summed E-state index contributed by atoms with van der Waals surface area (Å²) in [6, 6.07) is 9.96. The summed E-state index contributed by atoms with van der Waals surface area (Å²) >= 11 is 0. The van der Waals surface area contributed by atoms with Crippen LogP contribution < -0.4 is 15.5 Å². The number of benzene rings is 1. The molecule has 5 fully saturated rings. The minimum absolute atomic E-state index is 0.125. The van der Waals surface area contributed by atoms with Gasteiger partial charge in [-0.3, -0.25) is 4.79 Å². The molecule has 0 atom stereocenters. The maximum absolute atomic E-state index is 13.3. The van der Waals surface area contributed by atoms with Gasteiger partial charge in [-0.2, -0.15) is 0 Å². The molecule has 2 N–H and O–H groups in total. The molecule has 0 unspecified atom stereocenters. The third-order valence-electron chi connectivity index (χ3n) is 8.09. The Balaban J connectivity index is 1.12. The summed E-state index contributed by atoms with van der Waals surface area (Å²) in [6.07, 6.45) is 7.31. The lowest BCUT2D eigenvalue weighted by Crippen LogP contribution is -2.51.